The minimum atomic E-state index is 0. The van der Waals surface area contributed by atoms with Crippen LogP contribution in [-0.2, 0) is 42.2 Å². The molecular weight excluding hydrogens is 783 g/mol. The van der Waals surface area contributed by atoms with Gasteiger partial charge in [0.2, 0.25) is 11.4 Å². The van der Waals surface area contributed by atoms with Crippen molar-refractivity contribution in [3.8, 4) is 0 Å². The maximum atomic E-state index is 12.5. The summed E-state index contributed by atoms with van der Waals surface area (Å²) in [6.07, 6.45) is 26.2. The molecule has 0 N–H and O–H groups in total. The van der Waals surface area contributed by atoms with Crippen molar-refractivity contribution < 1.29 is 21.2 Å². The third-order valence-electron chi connectivity index (χ3n) is 11.5. The van der Waals surface area contributed by atoms with Crippen molar-refractivity contribution in [2.24, 2.45) is 0 Å². The summed E-state index contributed by atoms with van der Waals surface area (Å²) in [5, 5.41) is 0. The Hall–Kier alpha value is -3.81. The molecule has 0 radical (unpaired) electrons. The van der Waals surface area contributed by atoms with Crippen LogP contribution in [0.1, 0.15) is 202 Å². The molecule has 3 heteroatoms. The van der Waals surface area contributed by atoms with Crippen molar-refractivity contribution in [3.05, 3.63) is 172 Å². The Morgan fingerprint density at radius 1 is 0.377 bits per heavy atom. The molecule has 0 fully saturated rings. The van der Waals surface area contributed by atoms with Crippen molar-refractivity contribution in [2.45, 2.75) is 183 Å². The summed E-state index contributed by atoms with van der Waals surface area (Å²) < 4.78 is 1.66. The topological polar surface area (TPSA) is 25.3 Å². The molecule has 0 saturated carbocycles. The molecule has 4 aromatic rings. The van der Waals surface area contributed by atoms with Crippen LogP contribution in [0, 0.1) is 13.8 Å². The van der Waals surface area contributed by atoms with Crippen LogP contribution in [0.3, 0.4) is 0 Å². The molecule has 5 rings (SSSR count). The fourth-order valence-electron chi connectivity index (χ4n) is 8.08. The van der Waals surface area contributed by atoms with Gasteiger partial charge in [0.25, 0.3) is 0 Å². The monoisotopic (exact) mass is 865 g/mol. The van der Waals surface area contributed by atoms with Crippen molar-refractivity contribution >= 4 is 11.4 Å². The standard InChI is InChI=1S/C44H68N2.2C7H7.Ni/c1-7-13-19-20-21-22-28-42-41(27-18-12-6)43(39-31-35(23-14-8-2)29-36(32-39)24-15-9-3)46(45)44(42)40-33-37(25-16-10-4)30-38(34-40)26-17-11-5;2*1-7-5-3-2-4-6-7;/h29-34H,7-28H2,1-6H3;2*2-6H,1H2;/q;2*-1;+2. The summed E-state index contributed by atoms with van der Waals surface area (Å²) in [5.74, 6) is 0. The second kappa shape index (κ2) is 32.0. The molecule has 4 aromatic carbocycles. The van der Waals surface area contributed by atoms with Gasteiger partial charge in [-0.3, -0.25) is 0 Å². The molecule has 0 aromatic heterocycles. The van der Waals surface area contributed by atoms with Gasteiger partial charge in [-0.2, -0.15) is 49.2 Å². The van der Waals surface area contributed by atoms with Gasteiger partial charge in [-0.05, 0) is 124 Å². The third-order valence-corrected chi connectivity index (χ3v) is 11.5. The Kier molecular flexibility index (Phi) is 27.9. The van der Waals surface area contributed by atoms with Crippen LogP contribution in [0.2, 0.25) is 0 Å². The first kappa shape index (κ1) is 53.3. The number of rotatable bonds is 24. The molecule has 0 saturated heterocycles. The van der Waals surface area contributed by atoms with Gasteiger partial charge in [0.1, 0.15) is 0 Å². The van der Waals surface area contributed by atoms with E-state index < -0.39 is 0 Å². The van der Waals surface area contributed by atoms with E-state index >= 15 is 0 Å². The Morgan fingerprint density at radius 3 is 0.984 bits per heavy atom. The summed E-state index contributed by atoms with van der Waals surface area (Å²) >= 11 is 0. The second-order valence-electron chi connectivity index (χ2n) is 17.0. The number of hydrogen-bond acceptors (Lipinski definition) is 0. The number of allylic oxidation sites excluding steroid dienone is 2. The summed E-state index contributed by atoms with van der Waals surface area (Å²) in [7, 11) is 0. The molecule has 0 spiro atoms. The maximum Gasteiger partial charge on any atom is 2.00 e. The van der Waals surface area contributed by atoms with Gasteiger partial charge in [0.05, 0.1) is 0 Å². The summed E-state index contributed by atoms with van der Waals surface area (Å²) in [5.41, 5.74) is 27.7. The van der Waals surface area contributed by atoms with E-state index in [4.69, 9.17) is 0 Å². The third kappa shape index (κ3) is 19.4. The predicted molar refractivity (Wildman–Crippen MR) is 264 cm³/mol. The number of nitrogens with zero attached hydrogens (tertiary/aromatic N) is 2. The molecular formula is C58H82N2Ni. The Bertz CT molecular complexity index is 1760. The minimum absolute atomic E-state index is 0. The molecule has 61 heavy (non-hydrogen) atoms. The molecule has 0 unspecified atom stereocenters. The van der Waals surface area contributed by atoms with E-state index in [2.05, 4.69) is 91.8 Å². The number of hydrogen-bond donors (Lipinski definition) is 0. The van der Waals surface area contributed by atoms with Crippen LogP contribution in [-0.4, -0.2) is 4.70 Å². The second-order valence-corrected chi connectivity index (χ2v) is 17.0. The molecule has 334 valence electrons. The maximum absolute atomic E-state index is 12.5. The average molecular weight is 866 g/mol. The smallest absolute Gasteiger partial charge is 0.493 e. The van der Waals surface area contributed by atoms with Crippen LogP contribution < -0.4 is 0 Å². The SMILES string of the molecule is CCCCCCCCC1=C(c2cc(CCCC)cc(CCCC)c2)[N+](=[N-])C(c2cc(CCCC)cc(CCCC)c2)=C1CCCC.[CH2-]c1ccccc1.[CH2-]c1ccccc1.[Ni+2]. The van der Waals surface area contributed by atoms with Gasteiger partial charge in [-0.1, -0.05) is 130 Å². The molecule has 1 aliphatic rings. The fourth-order valence-corrected chi connectivity index (χ4v) is 8.08. The number of unbranched alkanes of at least 4 members (excludes halogenated alkanes) is 10. The molecule has 1 heterocycles. The molecule has 0 bridgehead atoms. The molecule has 0 aliphatic carbocycles. The van der Waals surface area contributed by atoms with Gasteiger partial charge in [-0.25, -0.2) is 4.70 Å². The first-order chi connectivity index (χ1) is 29.3. The van der Waals surface area contributed by atoms with Gasteiger partial charge in [0.15, 0.2) is 0 Å². The van der Waals surface area contributed by atoms with Crippen LogP contribution in [0.25, 0.3) is 16.9 Å². The zero-order valence-electron chi connectivity index (χ0n) is 39.4. The van der Waals surface area contributed by atoms with E-state index in [0.717, 1.165) is 73.9 Å². The molecule has 1 aliphatic heterocycles. The van der Waals surface area contributed by atoms with Gasteiger partial charge < -0.3 is 5.53 Å². The predicted octanol–water partition coefficient (Wildman–Crippen LogP) is 17.9. The van der Waals surface area contributed by atoms with Gasteiger partial charge in [0, 0.05) is 22.3 Å². The van der Waals surface area contributed by atoms with E-state index in [0.29, 0.717) is 0 Å². The van der Waals surface area contributed by atoms with E-state index in [-0.39, 0.29) is 16.5 Å². The van der Waals surface area contributed by atoms with E-state index in [1.54, 1.807) is 4.70 Å². The largest absolute Gasteiger partial charge is 2.00 e. The van der Waals surface area contributed by atoms with E-state index in [1.807, 2.05) is 60.7 Å². The Labute approximate surface area is 385 Å². The minimum Gasteiger partial charge on any atom is -0.493 e. The van der Waals surface area contributed by atoms with Crippen LogP contribution in [0.15, 0.2) is 108 Å². The van der Waals surface area contributed by atoms with Gasteiger partial charge >= 0.3 is 16.5 Å². The molecule has 0 atom stereocenters. The van der Waals surface area contributed by atoms with Gasteiger partial charge in [-0.15, -0.1) is 24.3 Å². The van der Waals surface area contributed by atoms with Crippen LogP contribution in [0.4, 0.5) is 0 Å². The van der Waals surface area contributed by atoms with Crippen LogP contribution >= 0.6 is 0 Å². The van der Waals surface area contributed by atoms with Crippen molar-refractivity contribution in [2.75, 3.05) is 0 Å². The number of benzene rings is 4. The average Bonchev–Trinajstić information content (AvgIpc) is 3.54. The fraction of sp³-hybridized carbons (Fsp3) is 0.483. The summed E-state index contributed by atoms with van der Waals surface area (Å²) in [6, 6.07) is 34.3. The summed E-state index contributed by atoms with van der Waals surface area (Å²) in [6.45, 7) is 21.2. The normalized spacial score (nSPS) is 12.1. The van der Waals surface area contributed by atoms with E-state index in [9.17, 15) is 5.53 Å². The zero-order chi connectivity index (χ0) is 43.4. The summed E-state index contributed by atoms with van der Waals surface area (Å²) in [4.78, 5) is 0. The van der Waals surface area contributed by atoms with E-state index in [1.165, 1.54) is 134 Å². The Balaban J connectivity index is 0.000000715. The van der Waals surface area contributed by atoms with Crippen molar-refractivity contribution in [1.29, 1.82) is 0 Å². The quantitative estimate of drug-likeness (QED) is 0.0290. The van der Waals surface area contributed by atoms with Crippen molar-refractivity contribution in [3.63, 3.8) is 0 Å². The number of aryl methyl sites for hydroxylation is 4. The first-order valence-electron chi connectivity index (χ1n) is 24.3. The first-order valence-corrected chi connectivity index (χ1v) is 24.3. The Morgan fingerprint density at radius 2 is 0.672 bits per heavy atom. The molecule has 2 nitrogen and oxygen atoms in total. The van der Waals surface area contributed by atoms with Crippen LogP contribution in [0.5, 0.6) is 0 Å². The molecule has 0 amide bonds. The zero-order valence-corrected chi connectivity index (χ0v) is 40.4. The van der Waals surface area contributed by atoms with Crippen molar-refractivity contribution in [1.82, 2.24) is 0 Å².